The second-order valence-corrected chi connectivity index (χ2v) is 6.65. The van der Waals surface area contributed by atoms with Gasteiger partial charge in [-0.15, -0.1) is 5.10 Å². The standard InChI is InChI=1S/C7H11N3O3S2/c8-6-9-10-7(14-6)13-5-1-3-15(11,12)4-2-5/h5H,1-4H2,(H2,8,9). The van der Waals surface area contributed by atoms with Gasteiger partial charge in [-0.05, 0) is 24.2 Å². The molecule has 0 radical (unpaired) electrons. The van der Waals surface area contributed by atoms with Gasteiger partial charge in [-0.1, -0.05) is 5.10 Å². The summed E-state index contributed by atoms with van der Waals surface area (Å²) < 4.78 is 27.8. The van der Waals surface area contributed by atoms with E-state index in [1.54, 1.807) is 0 Å². The minimum Gasteiger partial charge on any atom is -0.466 e. The van der Waals surface area contributed by atoms with Crippen LogP contribution in [0.2, 0.25) is 0 Å². The van der Waals surface area contributed by atoms with Gasteiger partial charge in [-0.3, -0.25) is 0 Å². The van der Waals surface area contributed by atoms with Crippen molar-refractivity contribution in [1.82, 2.24) is 10.2 Å². The summed E-state index contributed by atoms with van der Waals surface area (Å²) in [6.45, 7) is 0. The average molecular weight is 249 g/mol. The van der Waals surface area contributed by atoms with Crippen LogP contribution >= 0.6 is 11.3 Å². The number of nitrogens with two attached hydrogens (primary N) is 1. The first kappa shape index (κ1) is 10.6. The van der Waals surface area contributed by atoms with Crippen LogP contribution in [0.15, 0.2) is 0 Å². The van der Waals surface area contributed by atoms with Crippen LogP contribution in [0.1, 0.15) is 12.8 Å². The van der Waals surface area contributed by atoms with Crippen LogP contribution in [0, 0.1) is 0 Å². The molecule has 1 aliphatic rings. The fraction of sp³-hybridized carbons (Fsp3) is 0.714. The largest absolute Gasteiger partial charge is 0.466 e. The first-order valence-corrected chi connectivity index (χ1v) is 7.15. The second kappa shape index (κ2) is 3.93. The van der Waals surface area contributed by atoms with E-state index in [9.17, 15) is 8.42 Å². The molecule has 6 nitrogen and oxygen atoms in total. The number of nitrogens with zero attached hydrogens (tertiary/aromatic N) is 2. The number of hydrogen-bond donors (Lipinski definition) is 1. The van der Waals surface area contributed by atoms with Crippen LogP contribution in [-0.4, -0.2) is 36.2 Å². The van der Waals surface area contributed by atoms with Crippen LogP contribution in [0.4, 0.5) is 5.13 Å². The van der Waals surface area contributed by atoms with Crippen molar-refractivity contribution in [3.8, 4) is 5.19 Å². The second-order valence-electron chi connectivity index (χ2n) is 3.38. The van der Waals surface area contributed by atoms with E-state index in [4.69, 9.17) is 10.5 Å². The van der Waals surface area contributed by atoms with E-state index in [0.717, 1.165) is 0 Å². The fourth-order valence-electron chi connectivity index (χ4n) is 1.40. The van der Waals surface area contributed by atoms with Crippen LogP contribution in [-0.2, 0) is 9.84 Å². The first-order valence-electron chi connectivity index (χ1n) is 4.51. The van der Waals surface area contributed by atoms with Gasteiger partial charge in [0.1, 0.15) is 6.10 Å². The molecule has 1 aromatic heterocycles. The summed E-state index contributed by atoms with van der Waals surface area (Å²) in [6, 6.07) is 0. The van der Waals surface area contributed by atoms with E-state index in [2.05, 4.69) is 10.2 Å². The molecule has 2 rings (SSSR count). The maximum Gasteiger partial charge on any atom is 0.296 e. The quantitative estimate of drug-likeness (QED) is 0.797. The molecule has 0 aromatic carbocycles. The molecule has 8 heteroatoms. The third kappa shape index (κ3) is 2.78. The maximum absolute atomic E-state index is 11.2. The highest BCUT2D eigenvalue weighted by atomic mass is 32.2. The zero-order valence-electron chi connectivity index (χ0n) is 7.92. The van der Waals surface area contributed by atoms with Crippen molar-refractivity contribution in [3.63, 3.8) is 0 Å². The Balaban J connectivity index is 1.92. The van der Waals surface area contributed by atoms with Crippen molar-refractivity contribution in [2.75, 3.05) is 17.2 Å². The van der Waals surface area contributed by atoms with Crippen LogP contribution in [0.3, 0.4) is 0 Å². The Kier molecular flexibility index (Phi) is 2.79. The van der Waals surface area contributed by atoms with Crippen molar-refractivity contribution >= 4 is 26.3 Å². The van der Waals surface area contributed by atoms with E-state index >= 15 is 0 Å². The Morgan fingerprint density at radius 1 is 1.33 bits per heavy atom. The normalized spacial score (nSPS) is 21.3. The lowest BCUT2D eigenvalue weighted by atomic mass is 10.2. The van der Waals surface area contributed by atoms with Gasteiger partial charge in [0, 0.05) is 0 Å². The van der Waals surface area contributed by atoms with Gasteiger partial charge in [-0.2, -0.15) is 0 Å². The number of ether oxygens (including phenoxy) is 1. The molecule has 0 amide bonds. The highest BCUT2D eigenvalue weighted by molar-refractivity contribution is 7.91. The summed E-state index contributed by atoms with van der Waals surface area (Å²) in [4.78, 5) is 0. The number of hydrogen-bond acceptors (Lipinski definition) is 7. The van der Waals surface area contributed by atoms with Crippen molar-refractivity contribution < 1.29 is 13.2 Å². The van der Waals surface area contributed by atoms with Crippen molar-refractivity contribution in [2.24, 2.45) is 0 Å². The monoisotopic (exact) mass is 249 g/mol. The lowest BCUT2D eigenvalue weighted by Gasteiger charge is -2.21. The molecule has 0 aliphatic carbocycles. The molecule has 1 aromatic rings. The minimum atomic E-state index is -2.84. The molecule has 2 heterocycles. The average Bonchev–Trinajstić information content (AvgIpc) is 2.55. The smallest absolute Gasteiger partial charge is 0.296 e. The van der Waals surface area contributed by atoms with E-state index in [-0.39, 0.29) is 17.6 Å². The highest BCUT2D eigenvalue weighted by Crippen LogP contribution is 2.24. The van der Waals surface area contributed by atoms with Crippen molar-refractivity contribution in [1.29, 1.82) is 0 Å². The molecule has 1 saturated heterocycles. The highest BCUT2D eigenvalue weighted by Gasteiger charge is 2.25. The van der Waals surface area contributed by atoms with E-state index in [1.807, 2.05) is 0 Å². The number of sulfone groups is 1. The van der Waals surface area contributed by atoms with E-state index in [0.29, 0.717) is 23.2 Å². The Labute approximate surface area is 91.4 Å². The Hall–Kier alpha value is -0.890. The van der Waals surface area contributed by atoms with Gasteiger partial charge in [0.05, 0.1) is 11.5 Å². The molecule has 2 N–H and O–H groups in total. The lowest BCUT2D eigenvalue weighted by Crippen LogP contribution is -2.30. The van der Waals surface area contributed by atoms with Gasteiger partial charge in [0.15, 0.2) is 9.84 Å². The lowest BCUT2D eigenvalue weighted by molar-refractivity contribution is 0.187. The van der Waals surface area contributed by atoms with E-state index in [1.165, 1.54) is 11.3 Å². The number of aromatic nitrogens is 2. The summed E-state index contributed by atoms with van der Waals surface area (Å²) in [5.41, 5.74) is 5.40. The van der Waals surface area contributed by atoms with Crippen LogP contribution < -0.4 is 10.5 Å². The third-order valence-corrected chi connectivity index (χ3v) is 4.55. The Morgan fingerprint density at radius 2 is 2.00 bits per heavy atom. The summed E-state index contributed by atoms with van der Waals surface area (Å²) >= 11 is 1.17. The molecule has 0 saturated carbocycles. The predicted octanol–water partition coefficient (Wildman–Crippen LogP) is 0.0763. The fourth-order valence-corrected chi connectivity index (χ4v) is 3.37. The summed E-state index contributed by atoms with van der Waals surface area (Å²) in [5.74, 6) is 0.373. The Bertz CT molecular complexity index is 428. The summed E-state index contributed by atoms with van der Waals surface area (Å²) in [6.07, 6.45) is 0.949. The molecular weight excluding hydrogens is 238 g/mol. The molecular formula is C7H11N3O3S2. The topological polar surface area (TPSA) is 95.2 Å². The molecule has 84 valence electrons. The predicted molar refractivity (Wildman–Crippen MR) is 56.6 cm³/mol. The number of nitrogen functional groups attached to an aromatic ring is 1. The molecule has 15 heavy (non-hydrogen) atoms. The van der Waals surface area contributed by atoms with Gasteiger partial charge in [0.25, 0.3) is 5.19 Å². The van der Waals surface area contributed by atoms with Crippen LogP contribution in [0.5, 0.6) is 5.19 Å². The zero-order chi connectivity index (χ0) is 10.9. The first-order chi connectivity index (χ1) is 7.05. The molecule has 0 bridgehead atoms. The van der Waals surface area contributed by atoms with Gasteiger partial charge in [-0.25, -0.2) is 8.42 Å². The number of rotatable bonds is 2. The molecule has 1 aliphatic heterocycles. The maximum atomic E-state index is 11.2. The molecule has 0 atom stereocenters. The van der Waals surface area contributed by atoms with Crippen molar-refractivity contribution in [2.45, 2.75) is 18.9 Å². The molecule has 0 unspecified atom stereocenters. The van der Waals surface area contributed by atoms with Crippen LogP contribution in [0.25, 0.3) is 0 Å². The zero-order valence-corrected chi connectivity index (χ0v) is 9.55. The minimum absolute atomic E-state index is 0.0825. The third-order valence-electron chi connectivity index (χ3n) is 2.19. The Morgan fingerprint density at radius 3 is 2.53 bits per heavy atom. The summed E-state index contributed by atoms with van der Waals surface area (Å²) in [5, 5.41) is 8.10. The van der Waals surface area contributed by atoms with Gasteiger partial charge in [0.2, 0.25) is 5.13 Å². The van der Waals surface area contributed by atoms with Gasteiger partial charge >= 0.3 is 0 Å². The molecule has 1 fully saturated rings. The van der Waals surface area contributed by atoms with Crippen molar-refractivity contribution in [3.05, 3.63) is 0 Å². The van der Waals surface area contributed by atoms with Gasteiger partial charge < -0.3 is 10.5 Å². The molecule has 0 spiro atoms. The summed E-state index contributed by atoms with van der Waals surface area (Å²) in [7, 11) is -2.84. The van der Waals surface area contributed by atoms with E-state index < -0.39 is 9.84 Å². The number of anilines is 1. The SMILES string of the molecule is Nc1nnc(OC2CCS(=O)(=O)CC2)s1.